The maximum Gasteiger partial charge on any atom is 0.432 e. The fraction of sp³-hybridized carbons (Fsp3) is 0.462. The fourth-order valence-corrected chi connectivity index (χ4v) is 4.16. The first-order valence-electron chi connectivity index (χ1n) is 12.2. The predicted molar refractivity (Wildman–Crippen MR) is 137 cm³/mol. The Labute approximate surface area is 215 Å². The van der Waals surface area contributed by atoms with Crippen LogP contribution >= 0.6 is 0 Å². The van der Waals surface area contributed by atoms with E-state index in [1.54, 1.807) is 25.4 Å². The number of aromatic nitrogens is 3. The Balaban J connectivity index is 1.48. The van der Waals surface area contributed by atoms with Gasteiger partial charge in [-0.3, -0.25) is 9.88 Å². The van der Waals surface area contributed by atoms with Gasteiger partial charge in [-0.2, -0.15) is 9.78 Å². The van der Waals surface area contributed by atoms with Crippen molar-refractivity contribution in [3.63, 3.8) is 0 Å². The summed E-state index contributed by atoms with van der Waals surface area (Å²) >= 11 is 0. The molecule has 11 nitrogen and oxygen atoms in total. The number of carboxylic acid groups (broad SMARTS) is 1. The second-order valence-corrected chi connectivity index (χ2v) is 9.99. The Hall–Kier alpha value is -3.70. The number of aryl methyl sites for hydroxylation is 1. The molecule has 1 fully saturated rings. The number of carbonyl (C=O) groups is 2. The maximum absolute atomic E-state index is 12.5. The molecule has 1 aromatic carbocycles. The number of amides is 1. The van der Waals surface area contributed by atoms with E-state index in [-0.39, 0.29) is 12.6 Å². The molecule has 2 N–H and O–H groups in total. The molecule has 1 saturated heterocycles. The Morgan fingerprint density at radius 1 is 1.16 bits per heavy atom. The van der Waals surface area contributed by atoms with Gasteiger partial charge in [0.05, 0.1) is 36.7 Å². The van der Waals surface area contributed by atoms with Crippen molar-refractivity contribution >= 4 is 23.1 Å². The number of nitrogens with one attached hydrogen (secondary N) is 1. The molecule has 0 aliphatic carbocycles. The minimum Gasteiger partial charge on any atom is -0.490 e. The van der Waals surface area contributed by atoms with E-state index in [0.29, 0.717) is 36.7 Å². The molecule has 1 aliphatic rings. The third-order valence-corrected chi connectivity index (χ3v) is 5.85. The number of alkyl carbamates (subject to hydrolysis) is 1. The topological polar surface area (TPSA) is 128 Å². The van der Waals surface area contributed by atoms with E-state index in [9.17, 15) is 14.7 Å². The molecule has 1 aliphatic heterocycles. The van der Waals surface area contributed by atoms with E-state index >= 15 is 0 Å². The minimum absolute atomic E-state index is 0.227. The summed E-state index contributed by atoms with van der Waals surface area (Å²) in [7, 11) is 0. The molecular formula is C26H33N5O6. The fourth-order valence-electron chi connectivity index (χ4n) is 4.16. The lowest BCUT2D eigenvalue weighted by molar-refractivity contribution is 0.0254. The molecule has 11 heteroatoms. The highest BCUT2D eigenvalue weighted by molar-refractivity contribution is 5.92. The molecule has 0 spiro atoms. The van der Waals surface area contributed by atoms with Gasteiger partial charge in [0.1, 0.15) is 18.0 Å². The first-order chi connectivity index (χ1) is 17.6. The highest BCUT2D eigenvalue weighted by Gasteiger charge is 2.23. The van der Waals surface area contributed by atoms with Crippen molar-refractivity contribution < 1.29 is 28.9 Å². The molecular weight excluding hydrogens is 478 g/mol. The summed E-state index contributed by atoms with van der Waals surface area (Å²) in [5.74, 6) is 0.550. The average molecular weight is 512 g/mol. The van der Waals surface area contributed by atoms with Crippen molar-refractivity contribution in [3.05, 3.63) is 42.4 Å². The lowest BCUT2D eigenvalue weighted by Crippen LogP contribution is -2.50. The van der Waals surface area contributed by atoms with Crippen molar-refractivity contribution in [3.8, 4) is 16.9 Å². The molecule has 1 atom stereocenters. The molecule has 3 aromatic rings. The van der Waals surface area contributed by atoms with Crippen LogP contribution in [-0.2, 0) is 9.47 Å². The number of fused-ring (bicyclic) bond motifs is 1. The monoisotopic (exact) mass is 511 g/mol. The number of pyridine rings is 1. The van der Waals surface area contributed by atoms with Gasteiger partial charge in [-0.1, -0.05) is 6.07 Å². The minimum atomic E-state index is -1.13. The van der Waals surface area contributed by atoms with Gasteiger partial charge in [0.2, 0.25) is 0 Å². The van der Waals surface area contributed by atoms with Gasteiger partial charge in [0.15, 0.2) is 0 Å². The van der Waals surface area contributed by atoms with Gasteiger partial charge < -0.3 is 24.6 Å². The first kappa shape index (κ1) is 26.4. The molecule has 0 radical (unpaired) electrons. The zero-order valence-electron chi connectivity index (χ0n) is 21.6. The predicted octanol–water partition coefficient (Wildman–Crippen LogP) is 3.54. The van der Waals surface area contributed by atoms with Crippen LogP contribution in [0, 0.1) is 6.92 Å². The standard InChI is InChI=1S/C26H33N5O6/c1-17-22-12-18(5-6-23(22)31(29-17)25(33)34)19-11-21(14-27-13-19)36-16-20(15-30-7-9-35-10-8-30)28-24(32)37-26(2,3)4/h5-6,11-14,20H,7-10,15-16H2,1-4H3,(H,28,32)(H,33,34). The summed E-state index contributed by atoms with van der Waals surface area (Å²) in [4.78, 5) is 30.4. The molecule has 1 amide bonds. The van der Waals surface area contributed by atoms with Crippen molar-refractivity contribution in [1.82, 2.24) is 25.0 Å². The summed E-state index contributed by atoms with van der Waals surface area (Å²) in [6, 6.07) is 7.01. The SMILES string of the molecule is Cc1nn(C(=O)O)c2ccc(-c3cncc(OCC(CN4CCOCC4)NC(=O)OC(C)(C)C)c3)cc12. The Kier molecular flexibility index (Phi) is 7.94. The average Bonchev–Trinajstić information content (AvgIpc) is 3.18. The van der Waals surface area contributed by atoms with Crippen LogP contribution in [-0.4, -0.2) is 88.1 Å². The molecule has 1 unspecified atom stereocenters. The highest BCUT2D eigenvalue weighted by Crippen LogP contribution is 2.28. The van der Waals surface area contributed by atoms with Gasteiger partial charge in [-0.05, 0) is 51.5 Å². The lowest BCUT2D eigenvalue weighted by atomic mass is 10.0. The van der Waals surface area contributed by atoms with E-state index < -0.39 is 17.8 Å². The first-order valence-corrected chi connectivity index (χ1v) is 12.2. The van der Waals surface area contributed by atoms with Crippen LogP contribution in [0.15, 0.2) is 36.7 Å². The van der Waals surface area contributed by atoms with Crippen LogP contribution in [0.1, 0.15) is 26.5 Å². The molecule has 198 valence electrons. The van der Waals surface area contributed by atoms with Crippen LogP contribution in [0.5, 0.6) is 5.75 Å². The molecule has 4 rings (SSSR count). The number of morpholine rings is 1. The van der Waals surface area contributed by atoms with Crippen molar-refractivity contribution in [2.75, 3.05) is 39.5 Å². The maximum atomic E-state index is 12.5. The summed E-state index contributed by atoms with van der Waals surface area (Å²) in [6.45, 7) is 10.9. The van der Waals surface area contributed by atoms with E-state index in [4.69, 9.17) is 14.2 Å². The van der Waals surface area contributed by atoms with Gasteiger partial charge in [-0.15, -0.1) is 0 Å². The number of nitrogens with zero attached hydrogens (tertiary/aromatic N) is 4. The normalized spacial score (nSPS) is 15.4. The largest absolute Gasteiger partial charge is 0.490 e. The summed E-state index contributed by atoms with van der Waals surface area (Å²) < 4.78 is 17.9. The highest BCUT2D eigenvalue weighted by atomic mass is 16.6. The summed E-state index contributed by atoms with van der Waals surface area (Å²) in [5.41, 5.74) is 2.21. The third kappa shape index (κ3) is 6.95. The number of hydrogen-bond donors (Lipinski definition) is 2. The zero-order chi connectivity index (χ0) is 26.6. The number of rotatable bonds is 7. The Bertz CT molecular complexity index is 1260. The summed E-state index contributed by atoms with van der Waals surface area (Å²) in [5, 5.41) is 17.1. The summed E-state index contributed by atoms with van der Waals surface area (Å²) in [6.07, 6.45) is 1.71. The second-order valence-electron chi connectivity index (χ2n) is 9.99. The van der Waals surface area contributed by atoms with Crippen LogP contribution in [0.25, 0.3) is 22.0 Å². The molecule has 3 heterocycles. The van der Waals surface area contributed by atoms with Crippen LogP contribution in [0.2, 0.25) is 0 Å². The Morgan fingerprint density at radius 2 is 1.92 bits per heavy atom. The molecule has 0 bridgehead atoms. The smallest absolute Gasteiger partial charge is 0.432 e. The van der Waals surface area contributed by atoms with Crippen molar-refractivity contribution in [2.24, 2.45) is 0 Å². The molecule has 2 aromatic heterocycles. The van der Waals surface area contributed by atoms with Crippen LogP contribution < -0.4 is 10.1 Å². The quantitative estimate of drug-likeness (QED) is 0.489. The number of ether oxygens (including phenoxy) is 3. The van der Waals surface area contributed by atoms with E-state index in [1.165, 1.54) is 0 Å². The third-order valence-electron chi connectivity index (χ3n) is 5.85. The van der Waals surface area contributed by atoms with E-state index in [1.807, 2.05) is 39.0 Å². The van der Waals surface area contributed by atoms with E-state index in [0.717, 1.165) is 34.3 Å². The lowest BCUT2D eigenvalue weighted by Gasteiger charge is -2.31. The second kappa shape index (κ2) is 11.1. The zero-order valence-corrected chi connectivity index (χ0v) is 21.6. The van der Waals surface area contributed by atoms with Gasteiger partial charge in [-0.25, -0.2) is 9.59 Å². The van der Waals surface area contributed by atoms with Gasteiger partial charge >= 0.3 is 12.2 Å². The van der Waals surface area contributed by atoms with Gasteiger partial charge in [0, 0.05) is 36.8 Å². The molecule has 37 heavy (non-hydrogen) atoms. The van der Waals surface area contributed by atoms with Crippen molar-refractivity contribution in [1.29, 1.82) is 0 Å². The number of benzene rings is 1. The van der Waals surface area contributed by atoms with Crippen LogP contribution in [0.3, 0.4) is 0 Å². The number of hydrogen-bond acceptors (Lipinski definition) is 8. The number of carbonyl (C=O) groups excluding carboxylic acids is 1. The van der Waals surface area contributed by atoms with Crippen LogP contribution in [0.4, 0.5) is 9.59 Å². The van der Waals surface area contributed by atoms with Gasteiger partial charge in [0.25, 0.3) is 0 Å². The van der Waals surface area contributed by atoms with E-state index in [2.05, 4.69) is 20.3 Å². The molecule has 0 saturated carbocycles. The van der Waals surface area contributed by atoms with Crippen molar-refractivity contribution in [2.45, 2.75) is 39.3 Å². The Morgan fingerprint density at radius 3 is 2.62 bits per heavy atom.